The van der Waals surface area contributed by atoms with Gasteiger partial charge in [0.15, 0.2) is 0 Å². The summed E-state index contributed by atoms with van der Waals surface area (Å²) in [7, 11) is 1.50. The molecular weight excluding hydrogens is 174 g/mol. The lowest BCUT2D eigenvalue weighted by Crippen LogP contribution is -2.36. The molecule has 0 aromatic carbocycles. The second-order valence-electron chi connectivity index (χ2n) is 2.62. The minimum atomic E-state index is -0.411. The highest BCUT2D eigenvalue weighted by molar-refractivity contribution is 5.72. The average molecular weight is 189 g/mol. The van der Waals surface area contributed by atoms with Crippen LogP contribution >= 0.6 is 0 Å². The third-order valence-electron chi connectivity index (χ3n) is 1.26. The van der Waals surface area contributed by atoms with E-state index in [0.29, 0.717) is 0 Å². The Bertz CT molecular complexity index is 181. The molecule has 0 spiro atoms. The van der Waals surface area contributed by atoms with E-state index in [1.165, 1.54) is 21.0 Å². The normalized spacial score (nSPS) is 11.9. The molecule has 1 unspecified atom stereocenters. The molecule has 0 aromatic rings. The molecule has 0 rings (SSSR count). The van der Waals surface area contributed by atoms with E-state index in [1.807, 2.05) is 0 Å². The van der Waals surface area contributed by atoms with Gasteiger partial charge in [-0.25, -0.2) is 0 Å². The lowest BCUT2D eigenvalue weighted by molar-refractivity contribution is -0.149. The lowest BCUT2D eigenvalue weighted by Gasteiger charge is -2.15. The van der Waals surface area contributed by atoms with E-state index < -0.39 is 6.10 Å². The summed E-state index contributed by atoms with van der Waals surface area (Å²) >= 11 is 0. The third-order valence-corrected chi connectivity index (χ3v) is 1.26. The summed E-state index contributed by atoms with van der Waals surface area (Å²) in [6, 6.07) is 0. The Morgan fingerprint density at radius 3 is 2.38 bits per heavy atom. The maximum atomic E-state index is 10.6. The zero-order valence-corrected chi connectivity index (χ0v) is 8.12. The van der Waals surface area contributed by atoms with Crippen molar-refractivity contribution in [2.45, 2.75) is 20.0 Å². The van der Waals surface area contributed by atoms with Crippen LogP contribution in [0.15, 0.2) is 0 Å². The van der Waals surface area contributed by atoms with Crippen molar-refractivity contribution in [3.8, 4) is 0 Å². The van der Waals surface area contributed by atoms with Crippen LogP contribution < -0.4 is 5.32 Å². The highest BCUT2D eigenvalue weighted by atomic mass is 16.6. The number of nitrogens with one attached hydrogen (secondary N) is 1. The maximum Gasteiger partial charge on any atom is 0.303 e. The molecule has 1 N–H and O–H groups in total. The van der Waals surface area contributed by atoms with E-state index in [2.05, 4.69) is 5.32 Å². The minimum absolute atomic E-state index is 0.159. The summed E-state index contributed by atoms with van der Waals surface area (Å²) < 4.78 is 9.67. The van der Waals surface area contributed by atoms with E-state index in [-0.39, 0.29) is 25.0 Å². The number of hydrogen-bond donors (Lipinski definition) is 1. The average Bonchev–Trinajstić information content (AvgIpc) is 1.99. The molecule has 0 heterocycles. The van der Waals surface area contributed by atoms with Crippen molar-refractivity contribution in [2.75, 3.05) is 20.3 Å². The predicted octanol–water partition coefficient (Wildman–Crippen LogP) is -0.299. The molecule has 0 saturated heterocycles. The monoisotopic (exact) mass is 189 g/mol. The summed E-state index contributed by atoms with van der Waals surface area (Å²) in [6.07, 6.45) is -0.411. The Labute approximate surface area is 77.4 Å². The number of carbonyl (C=O) groups is 2. The van der Waals surface area contributed by atoms with Gasteiger partial charge in [-0.15, -0.1) is 0 Å². The van der Waals surface area contributed by atoms with Gasteiger partial charge in [0.1, 0.15) is 6.10 Å². The Hall–Kier alpha value is -1.10. The van der Waals surface area contributed by atoms with Gasteiger partial charge in [-0.2, -0.15) is 0 Å². The predicted molar refractivity (Wildman–Crippen MR) is 46.1 cm³/mol. The molecule has 0 aliphatic rings. The summed E-state index contributed by atoms with van der Waals surface area (Å²) in [4.78, 5) is 21.1. The number of esters is 1. The van der Waals surface area contributed by atoms with Crippen molar-refractivity contribution < 1.29 is 19.1 Å². The topological polar surface area (TPSA) is 64.6 Å². The highest BCUT2D eigenvalue weighted by Crippen LogP contribution is 1.92. The molecule has 5 heteroatoms. The molecule has 5 nitrogen and oxygen atoms in total. The van der Waals surface area contributed by atoms with Crippen molar-refractivity contribution in [2.24, 2.45) is 0 Å². The van der Waals surface area contributed by atoms with Crippen LogP contribution in [0.2, 0.25) is 0 Å². The first-order chi connectivity index (χ1) is 6.06. The van der Waals surface area contributed by atoms with Crippen LogP contribution in [-0.2, 0) is 19.1 Å². The number of carbonyl (C=O) groups excluding carboxylic acids is 2. The summed E-state index contributed by atoms with van der Waals surface area (Å²) in [5.74, 6) is -0.541. The molecule has 0 aliphatic heterocycles. The first-order valence-electron chi connectivity index (χ1n) is 3.97. The maximum absolute atomic E-state index is 10.6. The van der Waals surface area contributed by atoms with Crippen LogP contribution in [0.3, 0.4) is 0 Å². The fourth-order valence-corrected chi connectivity index (χ4v) is 0.813. The van der Waals surface area contributed by atoms with Gasteiger partial charge in [-0.3, -0.25) is 9.59 Å². The molecule has 1 amide bonds. The van der Waals surface area contributed by atoms with Gasteiger partial charge < -0.3 is 14.8 Å². The van der Waals surface area contributed by atoms with Gasteiger partial charge in [-0.05, 0) is 0 Å². The fourth-order valence-electron chi connectivity index (χ4n) is 0.813. The third kappa shape index (κ3) is 7.27. The standard InChI is InChI=1S/C8H15NO4/c1-6(10)9-4-8(5-12-3)13-7(2)11/h8H,4-5H2,1-3H3,(H,9,10). The summed E-state index contributed by atoms with van der Waals surface area (Å²) in [6.45, 7) is 3.27. The molecule has 0 fully saturated rings. The van der Waals surface area contributed by atoms with E-state index in [0.717, 1.165) is 0 Å². The largest absolute Gasteiger partial charge is 0.458 e. The van der Waals surface area contributed by atoms with Crippen LogP contribution in [-0.4, -0.2) is 38.2 Å². The van der Waals surface area contributed by atoms with Gasteiger partial charge in [0.2, 0.25) is 5.91 Å². The number of amides is 1. The molecule has 0 radical (unpaired) electrons. The van der Waals surface area contributed by atoms with E-state index in [4.69, 9.17) is 9.47 Å². The van der Waals surface area contributed by atoms with Crippen molar-refractivity contribution in [1.29, 1.82) is 0 Å². The zero-order valence-electron chi connectivity index (χ0n) is 8.12. The number of rotatable bonds is 5. The van der Waals surface area contributed by atoms with Crippen LogP contribution in [0, 0.1) is 0 Å². The molecule has 1 atom stereocenters. The first-order valence-corrected chi connectivity index (χ1v) is 3.97. The number of ether oxygens (including phenoxy) is 2. The van der Waals surface area contributed by atoms with Crippen molar-refractivity contribution >= 4 is 11.9 Å². The Balaban J connectivity index is 3.79. The first kappa shape index (κ1) is 11.9. The summed E-state index contributed by atoms with van der Waals surface area (Å²) in [5, 5.41) is 2.54. The van der Waals surface area contributed by atoms with E-state index in [1.54, 1.807) is 0 Å². The second-order valence-corrected chi connectivity index (χ2v) is 2.62. The van der Waals surface area contributed by atoms with Crippen LogP contribution in [0.1, 0.15) is 13.8 Å². The molecule has 76 valence electrons. The van der Waals surface area contributed by atoms with Crippen LogP contribution in [0.5, 0.6) is 0 Å². The van der Waals surface area contributed by atoms with Crippen molar-refractivity contribution in [3.05, 3.63) is 0 Å². The van der Waals surface area contributed by atoms with Gasteiger partial charge in [-0.1, -0.05) is 0 Å². The number of methoxy groups -OCH3 is 1. The summed E-state index contributed by atoms with van der Waals surface area (Å²) in [5.41, 5.74) is 0. The smallest absolute Gasteiger partial charge is 0.303 e. The zero-order chi connectivity index (χ0) is 10.3. The van der Waals surface area contributed by atoms with Gasteiger partial charge >= 0.3 is 5.97 Å². The highest BCUT2D eigenvalue weighted by Gasteiger charge is 2.11. The Kier molecular flexibility index (Phi) is 5.88. The molecular formula is C8H15NO4. The molecule has 0 bridgehead atoms. The second kappa shape index (κ2) is 6.42. The van der Waals surface area contributed by atoms with Crippen molar-refractivity contribution in [3.63, 3.8) is 0 Å². The number of hydrogen-bond acceptors (Lipinski definition) is 4. The minimum Gasteiger partial charge on any atom is -0.458 e. The van der Waals surface area contributed by atoms with Crippen molar-refractivity contribution in [1.82, 2.24) is 5.32 Å². The molecule has 13 heavy (non-hydrogen) atoms. The molecule has 0 aliphatic carbocycles. The van der Waals surface area contributed by atoms with Crippen LogP contribution in [0.25, 0.3) is 0 Å². The van der Waals surface area contributed by atoms with Crippen LogP contribution in [0.4, 0.5) is 0 Å². The SMILES string of the molecule is COCC(CNC(C)=O)OC(C)=O. The molecule has 0 aromatic heterocycles. The van der Waals surface area contributed by atoms with Gasteiger partial charge in [0.25, 0.3) is 0 Å². The molecule has 0 saturated carbocycles. The quantitative estimate of drug-likeness (QED) is 0.603. The lowest BCUT2D eigenvalue weighted by atomic mass is 10.3. The fraction of sp³-hybridized carbons (Fsp3) is 0.750. The Morgan fingerprint density at radius 2 is 2.00 bits per heavy atom. The van der Waals surface area contributed by atoms with Gasteiger partial charge in [0, 0.05) is 21.0 Å². The van der Waals surface area contributed by atoms with Gasteiger partial charge in [0.05, 0.1) is 13.2 Å². The van der Waals surface area contributed by atoms with E-state index in [9.17, 15) is 9.59 Å². The Morgan fingerprint density at radius 1 is 1.38 bits per heavy atom. The van der Waals surface area contributed by atoms with E-state index >= 15 is 0 Å².